The van der Waals surface area contributed by atoms with Crippen molar-refractivity contribution >= 4 is 22.5 Å². The summed E-state index contributed by atoms with van der Waals surface area (Å²) in [5, 5.41) is 8.64. The molecule has 1 aliphatic heterocycles. The van der Waals surface area contributed by atoms with Gasteiger partial charge in [0.15, 0.2) is 5.78 Å². The van der Waals surface area contributed by atoms with Gasteiger partial charge in [0.05, 0.1) is 29.5 Å². The fourth-order valence-electron chi connectivity index (χ4n) is 4.18. The van der Waals surface area contributed by atoms with Gasteiger partial charge >= 0.3 is 0 Å². The summed E-state index contributed by atoms with van der Waals surface area (Å²) in [4.78, 5) is 29.0. The van der Waals surface area contributed by atoms with Crippen molar-refractivity contribution in [1.82, 2.24) is 29.6 Å². The monoisotopic (exact) mass is 441 g/mol. The molecule has 1 fully saturated rings. The lowest BCUT2D eigenvalue weighted by atomic mass is 10.0. The van der Waals surface area contributed by atoms with E-state index < -0.39 is 0 Å². The zero-order valence-corrected chi connectivity index (χ0v) is 18.9. The number of nitrogens with zero attached hydrogens (tertiary/aromatic N) is 6. The number of piperidine rings is 1. The predicted molar refractivity (Wildman–Crippen MR) is 128 cm³/mol. The highest BCUT2D eigenvalue weighted by atomic mass is 16.1. The van der Waals surface area contributed by atoms with Crippen LogP contribution in [-0.4, -0.2) is 61.6 Å². The van der Waals surface area contributed by atoms with Crippen LogP contribution in [0.5, 0.6) is 0 Å². The van der Waals surface area contributed by atoms with Crippen molar-refractivity contribution in [2.24, 2.45) is 7.05 Å². The van der Waals surface area contributed by atoms with E-state index in [2.05, 4.69) is 32.3 Å². The number of likely N-dealkylation sites (tertiary alicyclic amines) is 1. The molecule has 0 unspecified atom stereocenters. The van der Waals surface area contributed by atoms with E-state index in [1.807, 2.05) is 37.5 Å². The van der Waals surface area contributed by atoms with Gasteiger partial charge in [-0.25, -0.2) is 9.97 Å². The standard InChI is InChI=1S/C25H27N7O/c1-31-9-6-20(7-10-31)29-25-11-17(5-8-26-25)24(33)13-21-12-23-18(14-27-21)3-4-22(30-23)19-15-28-32(2)16-19/h3-5,8,11-12,14-16,20H,6-7,9-10,13H2,1-2H3,(H,26,29). The summed E-state index contributed by atoms with van der Waals surface area (Å²) in [5.41, 5.74) is 3.95. The molecule has 0 bridgehead atoms. The number of carbonyl (C=O) groups is 1. The second kappa shape index (κ2) is 9.07. The Kier molecular flexibility index (Phi) is 5.83. The number of carbonyl (C=O) groups excluding carboxylic acids is 1. The lowest BCUT2D eigenvalue weighted by Gasteiger charge is -2.29. The van der Waals surface area contributed by atoms with Gasteiger partial charge in [0.1, 0.15) is 5.82 Å². The first kappa shape index (κ1) is 21.2. The first-order valence-electron chi connectivity index (χ1n) is 11.2. The third kappa shape index (κ3) is 4.90. The van der Waals surface area contributed by atoms with E-state index in [4.69, 9.17) is 4.98 Å². The maximum absolute atomic E-state index is 13.0. The van der Waals surface area contributed by atoms with Crippen LogP contribution in [0, 0.1) is 0 Å². The molecular weight excluding hydrogens is 414 g/mol. The number of aryl methyl sites for hydroxylation is 1. The lowest BCUT2D eigenvalue weighted by Crippen LogP contribution is -2.36. The first-order valence-corrected chi connectivity index (χ1v) is 11.2. The summed E-state index contributed by atoms with van der Waals surface area (Å²) in [5.74, 6) is 0.767. The number of hydrogen-bond donors (Lipinski definition) is 1. The Morgan fingerprint density at radius 3 is 2.73 bits per heavy atom. The number of nitrogens with one attached hydrogen (secondary N) is 1. The molecular formula is C25H27N7O. The molecule has 0 amide bonds. The average Bonchev–Trinajstić information content (AvgIpc) is 3.26. The largest absolute Gasteiger partial charge is 0.367 e. The minimum atomic E-state index is 0.0130. The Morgan fingerprint density at radius 2 is 1.94 bits per heavy atom. The van der Waals surface area contributed by atoms with Crippen molar-refractivity contribution in [2.45, 2.75) is 25.3 Å². The van der Waals surface area contributed by atoms with Gasteiger partial charge in [-0.15, -0.1) is 0 Å². The summed E-state index contributed by atoms with van der Waals surface area (Å²) in [6.45, 7) is 2.14. The van der Waals surface area contributed by atoms with Gasteiger partial charge in [-0.3, -0.25) is 14.5 Å². The molecule has 1 N–H and O–H groups in total. The van der Waals surface area contributed by atoms with Crippen LogP contribution in [0.4, 0.5) is 5.82 Å². The highest BCUT2D eigenvalue weighted by molar-refractivity contribution is 5.98. The van der Waals surface area contributed by atoms with Crippen LogP contribution in [-0.2, 0) is 13.5 Å². The quantitative estimate of drug-likeness (QED) is 0.459. The summed E-state index contributed by atoms with van der Waals surface area (Å²) >= 11 is 0. The molecule has 5 rings (SSSR count). The minimum absolute atomic E-state index is 0.0130. The fraction of sp³-hybridized carbons (Fsp3) is 0.320. The van der Waals surface area contributed by atoms with Gasteiger partial charge in [0.2, 0.25) is 0 Å². The normalized spacial score (nSPS) is 15.1. The molecule has 0 aromatic carbocycles. The molecule has 168 valence electrons. The molecule has 0 spiro atoms. The highest BCUT2D eigenvalue weighted by Gasteiger charge is 2.17. The maximum atomic E-state index is 13.0. The van der Waals surface area contributed by atoms with Crippen LogP contribution in [0.15, 0.2) is 55.1 Å². The number of aromatic nitrogens is 5. The molecule has 8 nitrogen and oxygen atoms in total. The number of ketones is 1. The molecule has 5 heterocycles. The van der Waals surface area contributed by atoms with Gasteiger partial charge < -0.3 is 10.2 Å². The third-order valence-electron chi connectivity index (χ3n) is 6.13. The molecule has 33 heavy (non-hydrogen) atoms. The molecule has 4 aromatic rings. The van der Waals surface area contributed by atoms with Gasteiger partial charge in [0.25, 0.3) is 0 Å². The molecule has 0 radical (unpaired) electrons. The summed E-state index contributed by atoms with van der Waals surface area (Å²) < 4.78 is 1.75. The topological polar surface area (TPSA) is 88.8 Å². The van der Waals surface area contributed by atoms with Crippen LogP contribution >= 0.6 is 0 Å². The van der Waals surface area contributed by atoms with E-state index in [9.17, 15) is 4.79 Å². The van der Waals surface area contributed by atoms with E-state index in [0.29, 0.717) is 17.3 Å². The van der Waals surface area contributed by atoms with E-state index in [0.717, 1.165) is 53.9 Å². The van der Waals surface area contributed by atoms with Gasteiger partial charge in [-0.05, 0) is 63.3 Å². The number of hydrogen-bond acceptors (Lipinski definition) is 7. The Labute approximate surface area is 192 Å². The molecule has 1 saturated heterocycles. The smallest absolute Gasteiger partial charge is 0.169 e. The van der Waals surface area contributed by atoms with Gasteiger partial charge in [-0.2, -0.15) is 5.10 Å². The molecule has 0 atom stereocenters. The number of pyridine rings is 3. The van der Waals surface area contributed by atoms with E-state index in [-0.39, 0.29) is 12.2 Å². The van der Waals surface area contributed by atoms with Gasteiger partial charge in [-0.1, -0.05) is 0 Å². The number of Topliss-reactive ketones (excluding diaryl/α,β-unsaturated/α-hetero) is 1. The van der Waals surface area contributed by atoms with Gasteiger partial charge in [0, 0.05) is 48.2 Å². The van der Waals surface area contributed by atoms with Crippen LogP contribution in [0.25, 0.3) is 22.2 Å². The first-order chi connectivity index (χ1) is 16.0. The fourth-order valence-corrected chi connectivity index (χ4v) is 4.18. The second-order valence-corrected chi connectivity index (χ2v) is 8.72. The number of fused-ring (bicyclic) bond motifs is 1. The van der Waals surface area contributed by atoms with Crippen LogP contribution in [0.3, 0.4) is 0 Å². The van der Waals surface area contributed by atoms with Crippen molar-refractivity contribution in [2.75, 3.05) is 25.5 Å². The number of rotatable bonds is 6. The molecule has 0 aliphatic carbocycles. The molecule has 4 aromatic heterocycles. The Morgan fingerprint density at radius 1 is 1.09 bits per heavy atom. The third-order valence-corrected chi connectivity index (χ3v) is 6.13. The van der Waals surface area contributed by atoms with Crippen molar-refractivity contribution < 1.29 is 4.79 Å². The summed E-state index contributed by atoms with van der Waals surface area (Å²) in [6, 6.07) is 9.85. The molecule has 0 saturated carbocycles. The number of anilines is 1. The average molecular weight is 442 g/mol. The molecule has 8 heteroatoms. The van der Waals surface area contributed by atoms with Crippen molar-refractivity contribution in [3.8, 4) is 11.3 Å². The van der Waals surface area contributed by atoms with E-state index in [1.165, 1.54) is 0 Å². The van der Waals surface area contributed by atoms with E-state index >= 15 is 0 Å². The highest BCUT2D eigenvalue weighted by Crippen LogP contribution is 2.21. The predicted octanol–water partition coefficient (Wildman–Crippen LogP) is 3.36. The van der Waals surface area contributed by atoms with Crippen molar-refractivity contribution in [3.63, 3.8) is 0 Å². The Balaban J connectivity index is 1.31. The Hall–Kier alpha value is -3.65. The Bertz CT molecular complexity index is 1290. The van der Waals surface area contributed by atoms with Crippen LogP contribution in [0.2, 0.25) is 0 Å². The van der Waals surface area contributed by atoms with Crippen molar-refractivity contribution in [3.05, 3.63) is 66.4 Å². The SMILES string of the molecule is CN1CCC(Nc2cc(C(=O)Cc3cc4nc(-c5cnn(C)c5)ccc4cn3)ccn2)CC1. The zero-order chi connectivity index (χ0) is 22.8. The van der Waals surface area contributed by atoms with Crippen LogP contribution in [0.1, 0.15) is 28.9 Å². The zero-order valence-electron chi connectivity index (χ0n) is 18.9. The maximum Gasteiger partial charge on any atom is 0.169 e. The minimum Gasteiger partial charge on any atom is -0.367 e. The van der Waals surface area contributed by atoms with Crippen molar-refractivity contribution in [1.29, 1.82) is 0 Å². The van der Waals surface area contributed by atoms with E-state index in [1.54, 1.807) is 29.3 Å². The summed E-state index contributed by atoms with van der Waals surface area (Å²) in [6.07, 6.45) is 9.56. The second-order valence-electron chi connectivity index (χ2n) is 8.72. The molecule has 1 aliphatic rings. The van der Waals surface area contributed by atoms with Crippen LogP contribution < -0.4 is 5.32 Å². The lowest BCUT2D eigenvalue weighted by molar-refractivity contribution is 0.0992. The summed E-state index contributed by atoms with van der Waals surface area (Å²) in [7, 11) is 4.02.